The molecule has 0 atom stereocenters. The van der Waals surface area contributed by atoms with Gasteiger partial charge < -0.3 is 10.0 Å². The topological polar surface area (TPSA) is 60.9 Å². The van der Waals surface area contributed by atoms with Gasteiger partial charge in [-0.15, -0.1) is 0 Å². The predicted molar refractivity (Wildman–Crippen MR) is 111 cm³/mol. The number of amides is 1. The smallest absolute Gasteiger partial charge is 0.305 e. The van der Waals surface area contributed by atoms with E-state index in [4.69, 9.17) is 17.3 Å². The van der Waals surface area contributed by atoms with Crippen LogP contribution in [-0.4, -0.2) is 46.8 Å². The number of carbonyl (C=O) groups is 2. The highest BCUT2D eigenvalue weighted by Gasteiger charge is 2.31. The van der Waals surface area contributed by atoms with Crippen molar-refractivity contribution in [1.29, 1.82) is 0 Å². The van der Waals surface area contributed by atoms with E-state index in [-0.39, 0.29) is 18.9 Å². The summed E-state index contributed by atoms with van der Waals surface area (Å²) in [5, 5.41) is 8.73. The number of hydrogen-bond acceptors (Lipinski definition) is 5. The van der Waals surface area contributed by atoms with Crippen LogP contribution in [0.25, 0.3) is 6.08 Å². The Morgan fingerprint density at radius 3 is 2.54 bits per heavy atom. The number of benzene rings is 1. The molecule has 1 aromatic carbocycles. The normalized spacial score (nSPS) is 16.4. The molecule has 1 amide bonds. The minimum Gasteiger partial charge on any atom is -0.481 e. The lowest BCUT2D eigenvalue weighted by atomic mass is 10.2. The van der Waals surface area contributed by atoms with Crippen molar-refractivity contribution >= 4 is 51.9 Å². The molecule has 1 aromatic rings. The summed E-state index contributed by atoms with van der Waals surface area (Å²) in [4.78, 5) is 26.7. The van der Waals surface area contributed by atoms with Crippen molar-refractivity contribution < 1.29 is 14.7 Å². The van der Waals surface area contributed by atoms with Gasteiger partial charge in [0.25, 0.3) is 5.91 Å². The van der Waals surface area contributed by atoms with Gasteiger partial charge in [-0.05, 0) is 23.8 Å². The molecule has 0 saturated carbocycles. The third kappa shape index (κ3) is 5.57. The van der Waals surface area contributed by atoms with Crippen LogP contribution in [0.3, 0.4) is 0 Å². The second-order valence-corrected chi connectivity index (χ2v) is 7.41. The molecule has 1 aliphatic rings. The van der Waals surface area contributed by atoms with Gasteiger partial charge in [0.2, 0.25) is 0 Å². The van der Waals surface area contributed by atoms with Gasteiger partial charge in [-0.3, -0.25) is 14.5 Å². The van der Waals surface area contributed by atoms with Crippen LogP contribution >= 0.6 is 24.0 Å². The van der Waals surface area contributed by atoms with Crippen molar-refractivity contribution in [3.8, 4) is 0 Å². The number of nitrogens with zero attached hydrogens (tertiary/aromatic N) is 2. The highest BCUT2D eigenvalue weighted by Crippen LogP contribution is 2.30. The minimum atomic E-state index is -0.952. The molecule has 0 unspecified atom stereocenters. The number of hydrogen-bond donors (Lipinski definition) is 1. The average Bonchev–Trinajstić information content (AvgIpc) is 2.86. The number of carbonyl (C=O) groups excluding carboxylic acids is 1. The van der Waals surface area contributed by atoms with Crippen molar-refractivity contribution in [1.82, 2.24) is 4.90 Å². The first-order valence-corrected chi connectivity index (χ1v) is 9.19. The largest absolute Gasteiger partial charge is 0.481 e. The molecule has 0 radical (unpaired) electrons. The zero-order valence-electron chi connectivity index (χ0n) is 14.6. The van der Waals surface area contributed by atoms with E-state index in [1.807, 2.05) is 61.5 Å². The van der Waals surface area contributed by atoms with Gasteiger partial charge in [-0.1, -0.05) is 60.4 Å². The first-order chi connectivity index (χ1) is 12.4. The van der Waals surface area contributed by atoms with Gasteiger partial charge in [0, 0.05) is 26.3 Å². The van der Waals surface area contributed by atoms with E-state index >= 15 is 0 Å². The lowest BCUT2D eigenvalue weighted by Gasteiger charge is -2.12. The standard InChI is InChI=1S/C19H20N2O3S2/c1-20(2)15-10-8-14(9-11-15)6-4-3-5-7-16-18(24)21(19(25)26-16)13-12-17(22)23/h3-11H,12-13H2,1-2H3,(H,22,23)/b5-3+,6-4+,16-7+. The molecular formula is C19H20N2O3S2. The fourth-order valence-corrected chi connectivity index (χ4v) is 3.43. The summed E-state index contributed by atoms with van der Waals surface area (Å²) >= 11 is 6.32. The number of carboxylic acids is 1. The highest BCUT2D eigenvalue weighted by atomic mass is 32.2. The van der Waals surface area contributed by atoms with E-state index in [1.165, 1.54) is 16.7 Å². The Kier molecular flexibility index (Phi) is 7.17. The summed E-state index contributed by atoms with van der Waals surface area (Å²) in [5.74, 6) is -1.19. The van der Waals surface area contributed by atoms with Crippen LogP contribution in [0.15, 0.2) is 53.5 Å². The van der Waals surface area contributed by atoms with Crippen LogP contribution < -0.4 is 4.90 Å². The average molecular weight is 389 g/mol. The zero-order valence-corrected chi connectivity index (χ0v) is 16.2. The van der Waals surface area contributed by atoms with Crippen LogP contribution in [0, 0.1) is 0 Å². The second kappa shape index (κ2) is 9.35. The van der Waals surface area contributed by atoms with Crippen LogP contribution in [0.4, 0.5) is 5.69 Å². The van der Waals surface area contributed by atoms with E-state index in [0.29, 0.717) is 9.23 Å². The number of allylic oxidation sites excluding steroid dienone is 4. The van der Waals surface area contributed by atoms with Gasteiger partial charge in [0.05, 0.1) is 11.3 Å². The van der Waals surface area contributed by atoms with Crippen molar-refractivity contribution in [3.05, 3.63) is 59.0 Å². The van der Waals surface area contributed by atoms with Gasteiger partial charge >= 0.3 is 5.97 Å². The second-order valence-electron chi connectivity index (χ2n) is 5.73. The summed E-state index contributed by atoms with van der Waals surface area (Å²) in [7, 11) is 4.00. The van der Waals surface area contributed by atoms with E-state index in [1.54, 1.807) is 12.2 Å². The Morgan fingerprint density at radius 1 is 1.23 bits per heavy atom. The number of thiocarbonyl (C=S) groups is 1. The molecule has 7 heteroatoms. The Bertz CT molecular complexity index is 780. The lowest BCUT2D eigenvalue weighted by molar-refractivity contribution is -0.137. The first kappa shape index (κ1) is 19.9. The molecule has 136 valence electrons. The zero-order chi connectivity index (χ0) is 19.1. The monoisotopic (exact) mass is 388 g/mol. The van der Waals surface area contributed by atoms with Gasteiger partial charge in [-0.25, -0.2) is 0 Å². The van der Waals surface area contributed by atoms with E-state index < -0.39 is 5.97 Å². The Balaban J connectivity index is 1.93. The van der Waals surface area contributed by atoms with Crippen LogP contribution in [0.2, 0.25) is 0 Å². The number of anilines is 1. The van der Waals surface area contributed by atoms with Crippen molar-refractivity contribution in [2.45, 2.75) is 6.42 Å². The molecule has 1 N–H and O–H groups in total. The molecule has 0 aliphatic carbocycles. The Morgan fingerprint density at radius 2 is 1.92 bits per heavy atom. The number of aliphatic carboxylic acids is 1. The number of rotatable bonds is 7. The summed E-state index contributed by atoms with van der Waals surface area (Å²) < 4.78 is 0.396. The molecular weight excluding hydrogens is 368 g/mol. The molecule has 5 nitrogen and oxygen atoms in total. The molecule has 1 heterocycles. The molecule has 1 saturated heterocycles. The molecule has 1 aliphatic heterocycles. The quantitative estimate of drug-likeness (QED) is 0.438. The van der Waals surface area contributed by atoms with Crippen molar-refractivity contribution in [2.24, 2.45) is 0 Å². The maximum absolute atomic E-state index is 12.2. The molecule has 1 fully saturated rings. The third-order valence-corrected chi connectivity index (χ3v) is 4.99. The fraction of sp³-hybridized carbons (Fsp3) is 0.211. The summed E-state index contributed by atoms with van der Waals surface area (Å²) in [6.07, 6.45) is 9.05. The van der Waals surface area contributed by atoms with E-state index in [0.717, 1.165) is 11.3 Å². The summed E-state index contributed by atoms with van der Waals surface area (Å²) in [5.41, 5.74) is 2.22. The molecule has 2 rings (SSSR count). The number of thioether (sulfide) groups is 1. The van der Waals surface area contributed by atoms with Crippen LogP contribution in [-0.2, 0) is 9.59 Å². The van der Waals surface area contributed by atoms with Crippen molar-refractivity contribution in [2.75, 3.05) is 25.5 Å². The third-order valence-electron chi connectivity index (χ3n) is 3.59. The van der Waals surface area contributed by atoms with Gasteiger partial charge in [0.1, 0.15) is 4.32 Å². The van der Waals surface area contributed by atoms with Crippen molar-refractivity contribution in [3.63, 3.8) is 0 Å². The highest BCUT2D eigenvalue weighted by molar-refractivity contribution is 8.26. The van der Waals surface area contributed by atoms with E-state index in [9.17, 15) is 9.59 Å². The minimum absolute atomic E-state index is 0.101. The van der Waals surface area contributed by atoms with E-state index in [2.05, 4.69) is 0 Å². The predicted octanol–water partition coefficient (Wildman–Crippen LogP) is 3.54. The van der Waals surface area contributed by atoms with Gasteiger partial charge in [-0.2, -0.15) is 0 Å². The van der Waals surface area contributed by atoms with Gasteiger partial charge in [0.15, 0.2) is 0 Å². The SMILES string of the molecule is CN(C)c1ccc(/C=C/C=C/C=C2/SC(=S)N(CCC(=O)O)C2=O)cc1. The maximum atomic E-state index is 12.2. The Hall–Kier alpha value is -2.38. The van der Waals surface area contributed by atoms with Crippen LogP contribution in [0.1, 0.15) is 12.0 Å². The fourth-order valence-electron chi connectivity index (χ4n) is 2.17. The lowest BCUT2D eigenvalue weighted by Crippen LogP contribution is -2.30. The summed E-state index contributed by atoms with van der Waals surface area (Å²) in [6.45, 7) is 0.101. The molecule has 0 bridgehead atoms. The first-order valence-electron chi connectivity index (χ1n) is 7.96. The summed E-state index contributed by atoms with van der Waals surface area (Å²) in [6, 6.07) is 8.16. The molecule has 0 spiro atoms. The molecule has 0 aromatic heterocycles. The molecule has 26 heavy (non-hydrogen) atoms. The van der Waals surface area contributed by atoms with Crippen LogP contribution in [0.5, 0.6) is 0 Å². The number of carboxylic acid groups (broad SMARTS) is 1. The maximum Gasteiger partial charge on any atom is 0.305 e. The Labute approximate surface area is 162 Å².